The molecule has 0 bridgehead atoms. The molecule has 3 aromatic rings. The van der Waals surface area contributed by atoms with Crippen molar-refractivity contribution in [2.75, 3.05) is 17.7 Å². The lowest BCUT2D eigenvalue weighted by Crippen LogP contribution is -2.14. The first-order chi connectivity index (χ1) is 13.5. The third kappa shape index (κ3) is 4.15. The van der Waals surface area contributed by atoms with E-state index in [9.17, 15) is 9.59 Å². The number of esters is 1. The Labute approximate surface area is 162 Å². The van der Waals surface area contributed by atoms with Crippen molar-refractivity contribution in [2.45, 2.75) is 13.8 Å². The van der Waals surface area contributed by atoms with E-state index in [1.54, 1.807) is 24.3 Å². The number of carbonyl (C=O) groups is 2. The first-order valence-corrected chi connectivity index (χ1v) is 8.63. The Morgan fingerprint density at radius 3 is 2.32 bits per heavy atom. The molecule has 28 heavy (non-hydrogen) atoms. The molecule has 1 amide bonds. The average molecular weight is 376 g/mol. The smallest absolute Gasteiger partial charge is 0.339 e. The number of hydrogen-bond acceptors (Lipinski definition) is 6. The van der Waals surface area contributed by atoms with Gasteiger partial charge in [-0.05, 0) is 43.2 Å². The summed E-state index contributed by atoms with van der Waals surface area (Å²) in [5, 5.41) is 5.83. The van der Waals surface area contributed by atoms with Gasteiger partial charge in [0, 0.05) is 18.1 Å². The first-order valence-electron chi connectivity index (χ1n) is 8.63. The second-order valence-corrected chi connectivity index (χ2v) is 6.16. The number of methoxy groups -OCH3 is 1. The molecule has 0 aliphatic carbocycles. The van der Waals surface area contributed by atoms with Crippen LogP contribution in [0.25, 0.3) is 0 Å². The maximum atomic E-state index is 12.5. The van der Waals surface area contributed by atoms with Gasteiger partial charge < -0.3 is 15.4 Å². The predicted molar refractivity (Wildman–Crippen MR) is 107 cm³/mol. The summed E-state index contributed by atoms with van der Waals surface area (Å²) in [6, 6.07) is 12.6. The fourth-order valence-electron chi connectivity index (χ4n) is 2.59. The topological polar surface area (TPSA) is 93.2 Å². The van der Waals surface area contributed by atoms with E-state index in [2.05, 4.69) is 20.6 Å². The van der Waals surface area contributed by atoms with Gasteiger partial charge in [-0.15, -0.1) is 0 Å². The van der Waals surface area contributed by atoms with E-state index in [-0.39, 0.29) is 11.9 Å². The first kappa shape index (κ1) is 19.0. The highest BCUT2D eigenvalue weighted by Gasteiger charge is 2.13. The number of carbonyl (C=O) groups excluding carboxylic acids is 2. The van der Waals surface area contributed by atoms with Gasteiger partial charge >= 0.3 is 5.97 Å². The van der Waals surface area contributed by atoms with E-state index in [0.29, 0.717) is 16.8 Å². The van der Waals surface area contributed by atoms with Crippen molar-refractivity contribution in [1.82, 2.24) is 9.97 Å². The van der Waals surface area contributed by atoms with Gasteiger partial charge in [0.05, 0.1) is 23.9 Å². The van der Waals surface area contributed by atoms with Crippen LogP contribution in [-0.2, 0) is 4.74 Å². The van der Waals surface area contributed by atoms with Gasteiger partial charge in [-0.25, -0.2) is 14.8 Å². The normalized spacial score (nSPS) is 10.2. The highest BCUT2D eigenvalue weighted by Crippen LogP contribution is 2.20. The zero-order valence-electron chi connectivity index (χ0n) is 15.8. The van der Waals surface area contributed by atoms with Crippen molar-refractivity contribution in [2.24, 2.45) is 0 Å². The second-order valence-electron chi connectivity index (χ2n) is 6.16. The summed E-state index contributed by atoms with van der Waals surface area (Å²) in [6.07, 6.45) is 2.85. The fraction of sp³-hybridized carbons (Fsp3) is 0.143. The fourth-order valence-corrected chi connectivity index (χ4v) is 2.59. The second kappa shape index (κ2) is 8.30. The highest BCUT2D eigenvalue weighted by atomic mass is 16.5. The molecule has 0 saturated carbocycles. The van der Waals surface area contributed by atoms with Crippen LogP contribution >= 0.6 is 0 Å². The molecule has 2 aromatic carbocycles. The Morgan fingerprint density at radius 2 is 1.61 bits per heavy atom. The van der Waals surface area contributed by atoms with Crippen molar-refractivity contribution in [3.8, 4) is 0 Å². The summed E-state index contributed by atoms with van der Waals surface area (Å²) in [5.74, 6) is -0.498. The maximum absolute atomic E-state index is 12.5. The van der Waals surface area contributed by atoms with Crippen LogP contribution in [0.15, 0.2) is 54.9 Å². The number of nitrogens with one attached hydrogen (secondary N) is 2. The van der Waals surface area contributed by atoms with E-state index in [4.69, 9.17) is 4.74 Å². The van der Waals surface area contributed by atoms with Crippen LogP contribution in [0.2, 0.25) is 0 Å². The van der Waals surface area contributed by atoms with Crippen LogP contribution in [0.5, 0.6) is 0 Å². The SMILES string of the molecule is COC(=O)c1ccccc1Nc1ncc(C(=O)Nc2cccc(C)c2C)cn1. The third-order valence-corrected chi connectivity index (χ3v) is 4.35. The van der Waals surface area contributed by atoms with Crippen LogP contribution in [0.4, 0.5) is 17.3 Å². The van der Waals surface area contributed by atoms with Crippen molar-refractivity contribution in [3.05, 3.63) is 77.1 Å². The Balaban J connectivity index is 1.74. The number of amides is 1. The summed E-state index contributed by atoms with van der Waals surface area (Å²) >= 11 is 0. The third-order valence-electron chi connectivity index (χ3n) is 4.35. The summed E-state index contributed by atoms with van der Waals surface area (Å²) in [4.78, 5) is 32.6. The molecule has 0 aliphatic heterocycles. The van der Waals surface area contributed by atoms with Crippen LogP contribution in [0.1, 0.15) is 31.8 Å². The Kier molecular flexibility index (Phi) is 5.64. The van der Waals surface area contributed by atoms with E-state index < -0.39 is 5.97 Å². The van der Waals surface area contributed by atoms with E-state index >= 15 is 0 Å². The monoisotopic (exact) mass is 376 g/mol. The molecule has 0 fully saturated rings. The number of aromatic nitrogens is 2. The van der Waals surface area contributed by atoms with Gasteiger partial charge in [0.1, 0.15) is 0 Å². The molecule has 1 aromatic heterocycles. The highest BCUT2D eigenvalue weighted by molar-refractivity contribution is 6.04. The molecule has 7 heteroatoms. The molecule has 0 spiro atoms. The summed E-state index contributed by atoms with van der Waals surface area (Å²) < 4.78 is 4.77. The molecule has 3 rings (SSSR count). The number of hydrogen-bond donors (Lipinski definition) is 2. The van der Waals surface area contributed by atoms with Crippen LogP contribution in [0, 0.1) is 13.8 Å². The molecule has 0 unspecified atom stereocenters. The maximum Gasteiger partial charge on any atom is 0.339 e. The predicted octanol–water partition coefficient (Wildman–Crippen LogP) is 3.88. The Hall–Kier alpha value is -3.74. The van der Waals surface area contributed by atoms with Gasteiger partial charge in [-0.3, -0.25) is 4.79 Å². The lowest BCUT2D eigenvalue weighted by molar-refractivity contribution is 0.0601. The summed E-state index contributed by atoms with van der Waals surface area (Å²) in [6.45, 7) is 3.94. The van der Waals surface area contributed by atoms with Crippen molar-refractivity contribution >= 4 is 29.2 Å². The lowest BCUT2D eigenvalue weighted by atomic mass is 10.1. The largest absolute Gasteiger partial charge is 0.465 e. The van der Waals surface area contributed by atoms with E-state index in [0.717, 1.165) is 16.8 Å². The van der Waals surface area contributed by atoms with Crippen molar-refractivity contribution in [3.63, 3.8) is 0 Å². The quantitative estimate of drug-likeness (QED) is 0.657. The number of rotatable bonds is 5. The summed E-state index contributed by atoms with van der Waals surface area (Å²) in [7, 11) is 1.32. The number of para-hydroxylation sites is 1. The van der Waals surface area contributed by atoms with Crippen LogP contribution in [0.3, 0.4) is 0 Å². The average Bonchev–Trinajstić information content (AvgIpc) is 2.71. The minimum atomic E-state index is -0.465. The van der Waals surface area contributed by atoms with Crippen LogP contribution < -0.4 is 10.6 Å². The summed E-state index contributed by atoms with van der Waals surface area (Å²) in [5.41, 5.74) is 4.06. The van der Waals surface area contributed by atoms with Crippen LogP contribution in [-0.4, -0.2) is 29.0 Å². The molecule has 7 nitrogen and oxygen atoms in total. The number of anilines is 3. The molecule has 0 radical (unpaired) electrons. The molecule has 0 aliphatic rings. The van der Waals surface area contributed by atoms with Crippen molar-refractivity contribution < 1.29 is 14.3 Å². The minimum Gasteiger partial charge on any atom is -0.465 e. The molecular formula is C21H20N4O3. The number of benzene rings is 2. The zero-order valence-corrected chi connectivity index (χ0v) is 15.8. The van der Waals surface area contributed by atoms with Crippen molar-refractivity contribution in [1.29, 1.82) is 0 Å². The molecule has 142 valence electrons. The standard InChI is InChI=1S/C21H20N4O3/c1-13-7-6-10-17(14(13)2)24-19(26)15-11-22-21(23-12-15)25-18-9-5-4-8-16(18)20(27)28-3/h4-12H,1-3H3,(H,24,26)(H,22,23,25). The van der Waals surface area contributed by atoms with Gasteiger partial charge in [-0.1, -0.05) is 24.3 Å². The minimum absolute atomic E-state index is 0.264. The molecular weight excluding hydrogens is 356 g/mol. The Morgan fingerprint density at radius 1 is 0.929 bits per heavy atom. The molecule has 0 saturated heterocycles. The molecule has 1 heterocycles. The Bertz CT molecular complexity index is 1020. The number of ether oxygens (including phenoxy) is 1. The molecule has 2 N–H and O–H groups in total. The van der Waals surface area contributed by atoms with E-state index in [1.807, 2.05) is 32.0 Å². The van der Waals surface area contributed by atoms with Gasteiger partial charge in [-0.2, -0.15) is 0 Å². The lowest BCUT2D eigenvalue weighted by Gasteiger charge is -2.11. The zero-order chi connectivity index (χ0) is 20.1. The number of nitrogens with zero attached hydrogens (tertiary/aromatic N) is 2. The van der Waals surface area contributed by atoms with Gasteiger partial charge in [0.15, 0.2) is 0 Å². The number of aryl methyl sites for hydroxylation is 1. The van der Waals surface area contributed by atoms with Gasteiger partial charge in [0.2, 0.25) is 5.95 Å². The van der Waals surface area contributed by atoms with Gasteiger partial charge in [0.25, 0.3) is 5.91 Å². The van der Waals surface area contributed by atoms with E-state index in [1.165, 1.54) is 19.5 Å². The molecule has 0 atom stereocenters.